The summed E-state index contributed by atoms with van der Waals surface area (Å²) >= 11 is 0. The van der Waals surface area contributed by atoms with Gasteiger partial charge in [-0.1, -0.05) is 74.1 Å². The van der Waals surface area contributed by atoms with Gasteiger partial charge in [0.15, 0.2) is 0 Å². The van der Waals surface area contributed by atoms with Crippen LogP contribution in [0.1, 0.15) is 87.0 Å². The van der Waals surface area contributed by atoms with Gasteiger partial charge in [-0.2, -0.15) is 0 Å². The summed E-state index contributed by atoms with van der Waals surface area (Å²) in [5.74, 6) is 0.923. The van der Waals surface area contributed by atoms with Crippen molar-refractivity contribution >= 4 is 0 Å². The second-order valence-corrected chi connectivity index (χ2v) is 7.89. The van der Waals surface area contributed by atoms with Crippen LogP contribution in [0.15, 0.2) is 0 Å². The molecule has 0 aromatic carbocycles. The molecule has 0 bridgehead atoms. The lowest BCUT2D eigenvalue weighted by Gasteiger charge is -2.31. The summed E-state index contributed by atoms with van der Waals surface area (Å²) in [6.07, 6.45) is 8.38. The van der Waals surface area contributed by atoms with Gasteiger partial charge in [0.25, 0.3) is 0 Å². The lowest BCUT2D eigenvalue weighted by atomic mass is 9.75. The Balaban J connectivity index is 4.17. The van der Waals surface area contributed by atoms with Crippen molar-refractivity contribution in [3.8, 4) is 0 Å². The Hall–Kier alpha value is 0. The molecule has 0 aliphatic heterocycles. The monoisotopic (exact) mass is 226 g/mol. The molecular formula is C16H34. The summed E-state index contributed by atoms with van der Waals surface area (Å²) in [7, 11) is 0. The first-order chi connectivity index (χ1) is 7.14. The normalized spacial score (nSPS) is 13.5. The molecular weight excluding hydrogens is 192 g/mol. The van der Waals surface area contributed by atoms with Crippen LogP contribution in [-0.2, 0) is 0 Å². The van der Waals surface area contributed by atoms with E-state index in [0.29, 0.717) is 10.8 Å². The molecule has 0 aliphatic rings. The van der Waals surface area contributed by atoms with Crippen molar-refractivity contribution in [2.75, 3.05) is 0 Å². The minimum atomic E-state index is 0.488. The third-order valence-electron chi connectivity index (χ3n) is 3.02. The van der Waals surface area contributed by atoms with Crippen molar-refractivity contribution in [1.29, 1.82) is 0 Å². The van der Waals surface area contributed by atoms with Crippen molar-refractivity contribution < 1.29 is 0 Å². The highest BCUT2D eigenvalue weighted by atomic mass is 14.3. The van der Waals surface area contributed by atoms with Crippen LogP contribution in [0.25, 0.3) is 0 Å². The van der Waals surface area contributed by atoms with Gasteiger partial charge in [0.2, 0.25) is 0 Å². The summed E-state index contributed by atoms with van der Waals surface area (Å²) in [6, 6.07) is 0. The molecule has 0 saturated carbocycles. The van der Waals surface area contributed by atoms with Gasteiger partial charge in [-0.15, -0.1) is 0 Å². The summed E-state index contributed by atoms with van der Waals surface area (Å²) in [5.41, 5.74) is 0.976. The predicted octanol–water partition coefficient (Wildman–Crippen LogP) is 6.06. The summed E-state index contributed by atoms with van der Waals surface area (Å²) in [6.45, 7) is 16.6. The molecule has 0 heteroatoms. The zero-order valence-corrected chi connectivity index (χ0v) is 12.8. The second kappa shape index (κ2) is 6.67. The first kappa shape index (κ1) is 16.0. The maximum absolute atomic E-state index is 2.38. The Bertz CT molecular complexity index is 149. The van der Waals surface area contributed by atoms with Crippen LogP contribution in [-0.4, -0.2) is 0 Å². The van der Waals surface area contributed by atoms with Crippen LogP contribution in [0, 0.1) is 16.7 Å². The molecule has 0 aliphatic carbocycles. The maximum Gasteiger partial charge on any atom is -0.0380 e. The SMILES string of the molecule is CCCCCC(CC(C)(C)C)CC(C)(C)C. The molecule has 0 aromatic rings. The van der Waals surface area contributed by atoms with Gasteiger partial charge in [-0.25, -0.2) is 0 Å². The zero-order chi connectivity index (χ0) is 12.8. The van der Waals surface area contributed by atoms with Crippen molar-refractivity contribution in [2.45, 2.75) is 87.0 Å². The molecule has 16 heavy (non-hydrogen) atoms. The van der Waals surface area contributed by atoms with Gasteiger partial charge in [0.05, 0.1) is 0 Å². The molecule has 0 N–H and O–H groups in total. The van der Waals surface area contributed by atoms with Gasteiger partial charge in [-0.3, -0.25) is 0 Å². The summed E-state index contributed by atoms with van der Waals surface area (Å²) in [5, 5.41) is 0. The van der Waals surface area contributed by atoms with Crippen LogP contribution in [0.3, 0.4) is 0 Å². The summed E-state index contributed by atoms with van der Waals surface area (Å²) in [4.78, 5) is 0. The lowest BCUT2D eigenvalue weighted by Crippen LogP contribution is -2.19. The van der Waals surface area contributed by atoms with E-state index in [-0.39, 0.29) is 0 Å². The first-order valence-corrected chi connectivity index (χ1v) is 7.14. The molecule has 0 heterocycles. The number of hydrogen-bond donors (Lipinski definition) is 0. The Morgan fingerprint density at radius 1 is 0.750 bits per heavy atom. The number of unbranched alkanes of at least 4 members (excludes halogenated alkanes) is 2. The molecule has 0 atom stereocenters. The molecule has 0 fully saturated rings. The average molecular weight is 226 g/mol. The van der Waals surface area contributed by atoms with Gasteiger partial charge in [-0.05, 0) is 29.6 Å². The predicted molar refractivity (Wildman–Crippen MR) is 75.8 cm³/mol. The Morgan fingerprint density at radius 2 is 1.19 bits per heavy atom. The maximum atomic E-state index is 2.38. The van der Waals surface area contributed by atoms with Gasteiger partial charge < -0.3 is 0 Å². The quantitative estimate of drug-likeness (QED) is 0.483. The van der Waals surface area contributed by atoms with Crippen LogP contribution in [0.5, 0.6) is 0 Å². The molecule has 0 spiro atoms. The second-order valence-electron chi connectivity index (χ2n) is 7.89. The van der Waals surface area contributed by atoms with E-state index in [9.17, 15) is 0 Å². The smallest absolute Gasteiger partial charge is 0.0380 e. The number of rotatable bonds is 6. The van der Waals surface area contributed by atoms with E-state index < -0.39 is 0 Å². The number of hydrogen-bond acceptors (Lipinski definition) is 0. The van der Waals surface area contributed by atoms with Crippen LogP contribution >= 0.6 is 0 Å². The molecule has 0 aromatic heterocycles. The fraction of sp³-hybridized carbons (Fsp3) is 1.00. The third-order valence-corrected chi connectivity index (χ3v) is 3.02. The zero-order valence-electron chi connectivity index (χ0n) is 12.8. The molecule has 0 nitrogen and oxygen atoms in total. The fourth-order valence-electron chi connectivity index (χ4n) is 2.69. The van der Waals surface area contributed by atoms with E-state index in [1.807, 2.05) is 0 Å². The first-order valence-electron chi connectivity index (χ1n) is 7.14. The Labute approximate surface area is 104 Å². The molecule has 0 radical (unpaired) electrons. The molecule has 98 valence electrons. The lowest BCUT2D eigenvalue weighted by molar-refractivity contribution is 0.207. The average Bonchev–Trinajstić information content (AvgIpc) is 1.97. The molecule has 0 rings (SSSR count). The molecule has 0 saturated heterocycles. The standard InChI is InChI=1S/C16H34/c1-8-9-10-11-14(12-15(2,3)4)13-16(5,6)7/h14H,8-13H2,1-7H3. The van der Waals surface area contributed by atoms with Gasteiger partial charge in [0, 0.05) is 0 Å². The van der Waals surface area contributed by atoms with E-state index >= 15 is 0 Å². The van der Waals surface area contributed by atoms with E-state index in [1.165, 1.54) is 38.5 Å². The van der Waals surface area contributed by atoms with Crippen molar-refractivity contribution in [3.05, 3.63) is 0 Å². The third kappa shape index (κ3) is 10.5. The van der Waals surface area contributed by atoms with Crippen molar-refractivity contribution in [3.63, 3.8) is 0 Å². The van der Waals surface area contributed by atoms with Crippen LogP contribution < -0.4 is 0 Å². The van der Waals surface area contributed by atoms with E-state index in [2.05, 4.69) is 48.5 Å². The minimum absolute atomic E-state index is 0.488. The minimum Gasteiger partial charge on any atom is -0.0654 e. The van der Waals surface area contributed by atoms with E-state index in [0.717, 1.165) is 5.92 Å². The summed E-state index contributed by atoms with van der Waals surface area (Å²) < 4.78 is 0. The van der Waals surface area contributed by atoms with Crippen LogP contribution in [0.4, 0.5) is 0 Å². The van der Waals surface area contributed by atoms with Gasteiger partial charge in [0.1, 0.15) is 0 Å². The van der Waals surface area contributed by atoms with Crippen LogP contribution in [0.2, 0.25) is 0 Å². The fourth-order valence-corrected chi connectivity index (χ4v) is 2.69. The van der Waals surface area contributed by atoms with Crippen molar-refractivity contribution in [1.82, 2.24) is 0 Å². The Morgan fingerprint density at radius 3 is 1.50 bits per heavy atom. The van der Waals surface area contributed by atoms with Crippen molar-refractivity contribution in [2.24, 2.45) is 16.7 Å². The van der Waals surface area contributed by atoms with E-state index in [4.69, 9.17) is 0 Å². The topological polar surface area (TPSA) is 0 Å². The highest BCUT2D eigenvalue weighted by molar-refractivity contribution is 4.74. The van der Waals surface area contributed by atoms with Gasteiger partial charge >= 0.3 is 0 Å². The van der Waals surface area contributed by atoms with E-state index in [1.54, 1.807) is 0 Å². The Kier molecular flexibility index (Phi) is 6.67. The largest absolute Gasteiger partial charge is 0.0654 e. The highest BCUT2D eigenvalue weighted by Crippen LogP contribution is 2.35. The molecule has 0 unspecified atom stereocenters. The highest BCUT2D eigenvalue weighted by Gasteiger charge is 2.23. The molecule has 0 amide bonds.